The van der Waals surface area contributed by atoms with Crippen molar-refractivity contribution in [2.45, 2.75) is 17.7 Å². The summed E-state index contributed by atoms with van der Waals surface area (Å²) in [6, 6.07) is 3.02. The van der Waals surface area contributed by atoms with Gasteiger partial charge in [-0.05, 0) is 24.1 Å². The summed E-state index contributed by atoms with van der Waals surface area (Å²) in [6.07, 6.45) is 2.08. The predicted molar refractivity (Wildman–Crippen MR) is 61.5 cm³/mol. The third-order valence-electron chi connectivity index (χ3n) is 2.45. The highest BCUT2D eigenvalue weighted by molar-refractivity contribution is 7.90. The number of carbonyl (C=O) groups is 1. The molecule has 0 saturated heterocycles. The number of halogens is 1. The zero-order valence-corrected chi connectivity index (χ0v) is 10.2. The highest BCUT2D eigenvalue weighted by atomic mass is 35.5. The maximum atomic E-state index is 11.4. The van der Waals surface area contributed by atoms with Gasteiger partial charge in [0.15, 0.2) is 9.84 Å². The second-order valence-corrected chi connectivity index (χ2v) is 6.15. The SMILES string of the molecule is CS(=O)(=O)c1cc2c(cc1Cl)CCC(=O)N2. The summed E-state index contributed by atoms with van der Waals surface area (Å²) in [5, 5.41) is 2.84. The standard InChI is InChI=1S/C10H10ClNO3S/c1-16(14,15)9-5-8-6(4-7(9)11)2-3-10(13)12-8/h4-5H,2-3H2,1H3,(H,12,13). The Morgan fingerprint density at radius 3 is 2.62 bits per heavy atom. The number of benzene rings is 1. The van der Waals surface area contributed by atoms with Crippen LogP contribution in [0.15, 0.2) is 17.0 Å². The van der Waals surface area contributed by atoms with Crippen molar-refractivity contribution in [1.29, 1.82) is 0 Å². The predicted octanol–water partition coefficient (Wildman–Crippen LogP) is 1.63. The van der Waals surface area contributed by atoms with Crippen LogP contribution in [0.4, 0.5) is 5.69 Å². The number of sulfone groups is 1. The average Bonchev–Trinajstić information content (AvgIpc) is 2.16. The Labute approximate surface area is 98.5 Å². The van der Waals surface area contributed by atoms with Crippen molar-refractivity contribution in [2.24, 2.45) is 0 Å². The van der Waals surface area contributed by atoms with Gasteiger partial charge in [0.1, 0.15) is 0 Å². The van der Waals surface area contributed by atoms with Crippen LogP contribution in [-0.2, 0) is 21.1 Å². The van der Waals surface area contributed by atoms with E-state index in [1.165, 1.54) is 6.07 Å². The minimum absolute atomic E-state index is 0.0510. The zero-order chi connectivity index (χ0) is 11.9. The third kappa shape index (κ3) is 2.05. The minimum Gasteiger partial charge on any atom is -0.326 e. The number of rotatable bonds is 1. The molecule has 0 fully saturated rings. The monoisotopic (exact) mass is 259 g/mol. The highest BCUT2D eigenvalue weighted by Crippen LogP contribution is 2.31. The lowest BCUT2D eigenvalue weighted by Crippen LogP contribution is -2.19. The van der Waals surface area contributed by atoms with Crippen LogP contribution in [0.3, 0.4) is 0 Å². The molecule has 1 aliphatic heterocycles. The average molecular weight is 260 g/mol. The van der Waals surface area contributed by atoms with Crippen molar-refractivity contribution in [1.82, 2.24) is 0 Å². The first kappa shape index (κ1) is 11.4. The molecular weight excluding hydrogens is 250 g/mol. The van der Waals surface area contributed by atoms with E-state index >= 15 is 0 Å². The van der Waals surface area contributed by atoms with Crippen molar-refractivity contribution >= 4 is 33.0 Å². The second kappa shape index (κ2) is 3.75. The fourth-order valence-electron chi connectivity index (χ4n) is 1.66. The van der Waals surface area contributed by atoms with Gasteiger partial charge in [-0.3, -0.25) is 4.79 Å². The van der Waals surface area contributed by atoms with Gasteiger partial charge in [0.05, 0.1) is 9.92 Å². The third-order valence-corrected chi connectivity index (χ3v) is 4.01. The largest absolute Gasteiger partial charge is 0.326 e. The number of fused-ring (bicyclic) bond motifs is 1. The minimum atomic E-state index is -3.37. The maximum absolute atomic E-state index is 11.4. The van der Waals surface area contributed by atoms with E-state index in [0.29, 0.717) is 18.5 Å². The van der Waals surface area contributed by atoms with Crippen molar-refractivity contribution < 1.29 is 13.2 Å². The van der Waals surface area contributed by atoms with E-state index in [2.05, 4.69) is 5.32 Å². The van der Waals surface area contributed by atoms with E-state index in [4.69, 9.17) is 11.6 Å². The van der Waals surface area contributed by atoms with Crippen LogP contribution in [-0.4, -0.2) is 20.6 Å². The van der Waals surface area contributed by atoms with Crippen LogP contribution in [0.5, 0.6) is 0 Å². The molecule has 1 amide bonds. The van der Waals surface area contributed by atoms with Crippen LogP contribution in [0.25, 0.3) is 0 Å². The summed E-state index contributed by atoms with van der Waals surface area (Å²) in [6.45, 7) is 0. The quantitative estimate of drug-likeness (QED) is 0.834. The topological polar surface area (TPSA) is 63.2 Å². The van der Waals surface area contributed by atoms with Crippen LogP contribution >= 0.6 is 11.6 Å². The Bertz CT molecular complexity index is 566. The second-order valence-electron chi connectivity index (χ2n) is 3.76. The number of aryl methyl sites for hydroxylation is 1. The normalized spacial score (nSPS) is 15.5. The van der Waals surface area contributed by atoms with Gasteiger partial charge in [0.2, 0.25) is 5.91 Å². The number of carbonyl (C=O) groups excluding carboxylic acids is 1. The maximum Gasteiger partial charge on any atom is 0.224 e. The molecule has 1 heterocycles. The number of hydrogen-bond acceptors (Lipinski definition) is 3. The van der Waals surface area contributed by atoms with Crippen molar-refractivity contribution in [3.05, 3.63) is 22.7 Å². The molecule has 0 unspecified atom stereocenters. The molecule has 86 valence electrons. The molecular formula is C10H10ClNO3S. The highest BCUT2D eigenvalue weighted by Gasteiger charge is 2.20. The molecule has 1 N–H and O–H groups in total. The summed E-state index contributed by atoms with van der Waals surface area (Å²) in [4.78, 5) is 11.2. The number of amides is 1. The van der Waals surface area contributed by atoms with Crippen LogP contribution < -0.4 is 5.32 Å². The van der Waals surface area contributed by atoms with Gasteiger partial charge in [0, 0.05) is 18.4 Å². The molecule has 0 atom stereocenters. The Kier molecular flexibility index (Phi) is 2.67. The van der Waals surface area contributed by atoms with Crippen LogP contribution in [0.2, 0.25) is 5.02 Å². The fourth-order valence-corrected chi connectivity index (χ4v) is 3.01. The smallest absolute Gasteiger partial charge is 0.224 e. The number of hydrogen-bond donors (Lipinski definition) is 1. The first-order valence-corrected chi connectivity index (χ1v) is 6.97. The van der Waals surface area contributed by atoms with Gasteiger partial charge < -0.3 is 5.32 Å². The molecule has 1 aromatic carbocycles. The van der Waals surface area contributed by atoms with Gasteiger partial charge in [-0.1, -0.05) is 11.6 Å². The van der Waals surface area contributed by atoms with E-state index in [9.17, 15) is 13.2 Å². The van der Waals surface area contributed by atoms with Crippen molar-refractivity contribution in [3.63, 3.8) is 0 Å². The molecule has 0 saturated carbocycles. The molecule has 4 nitrogen and oxygen atoms in total. The first-order chi connectivity index (χ1) is 7.38. The Balaban J connectivity index is 2.60. The van der Waals surface area contributed by atoms with E-state index in [1.54, 1.807) is 6.07 Å². The lowest BCUT2D eigenvalue weighted by Gasteiger charge is -2.18. The van der Waals surface area contributed by atoms with Gasteiger partial charge in [0.25, 0.3) is 0 Å². The fraction of sp³-hybridized carbons (Fsp3) is 0.300. The lowest BCUT2D eigenvalue weighted by molar-refractivity contribution is -0.116. The molecule has 1 aromatic rings. The van der Waals surface area contributed by atoms with E-state index in [1.807, 2.05) is 0 Å². The summed E-state index contributed by atoms with van der Waals surface area (Å²) in [5.41, 5.74) is 1.41. The molecule has 0 bridgehead atoms. The van der Waals surface area contributed by atoms with E-state index in [0.717, 1.165) is 11.8 Å². The zero-order valence-electron chi connectivity index (χ0n) is 8.58. The Morgan fingerprint density at radius 2 is 2.00 bits per heavy atom. The molecule has 0 aliphatic carbocycles. The lowest BCUT2D eigenvalue weighted by atomic mass is 10.0. The van der Waals surface area contributed by atoms with Crippen LogP contribution in [0.1, 0.15) is 12.0 Å². The van der Waals surface area contributed by atoms with Crippen molar-refractivity contribution in [2.75, 3.05) is 11.6 Å². The molecule has 6 heteroatoms. The van der Waals surface area contributed by atoms with Crippen LogP contribution in [0, 0.1) is 0 Å². The molecule has 0 spiro atoms. The summed E-state index contributed by atoms with van der Waals surface area (Å²) in [5.74, 6) is -0.103. The van der Waals surface area contributed by atoms with Gasteiger partial charge in [-0.2, -0.15) is 0 Å². The number of nitrogens with one attached hydrogen (secondary N) is 1. The Morgan fingerprint density at radius 1 is 1.31 bits per heavy atom. The van der Waals surface area contributed by atoms with Crippen molar-refractivity contribution in [3.8, 4) is 0 Å². The first-order valence-electron chi connectivity index (χ1n) is 4.70. The molecule has 16 heavy (non-hydrogen) atoms. The number of anilines is 1. The summed E-state index contributed by atoms with van der Waals surface area (Å²) >= 11 is 5.89. The van der Waals surface area contributed by atoms with Gasteiger partial charge in [-0.15, -0.1) is 0 Å². The summed E-state index contributed by atoms with van der Waals surface area (Å²) in [7, 11) is -3.37. The molecule has 2 rings (SSSR count). The Hall–Kier alpha value is -1.07. The molecule has 0 radical (unpaired) electrons. The summed E-state index contributed by atoms with van der Waals surface area (Å²) < 4.78 is 22.8. The van der Waals surface area contributed by atoms with Gasteiger partial charge >= 0.3 is 0 Å². The van der Waals surface area contributed by atoms with Gasteiger partial charge in [-0.25, -0.2) is 8.42 Å². The van der Waals surface area contributed by atoms with E-state index in [-0.39, 0.29) is 15.8 Å². The van der Waals surface area contributed by atoms with E-state index < -0.39 is 9.84 Å². The molecule has 1 aliphatic rings. The molecule has 0 aromatic heterocycles.